The van der Waals surface area contributed by atoms with Gasteiger partial charge in [-0.25, -0.2) is 14.5 Å². The highest BCUT2D eigenvalue weighted by molar-refractivity contribution is 5.88. The first-order chi connectivity index (χ1) is 11.8. The molecule has 1 saturated carbocycles. The Labute approximate surface area is 148 Å². The van der Waals surface area contributed by atoms with Crippen LogP contribution in [0, 0.1) is 5.92 Å². The summed E-state index contributed by atoms with van der Waals surface area (Å²) in [5, 5.41) is 4.26. The summed E-state index contributed by atoms with van der Waals surface area (Å²) >= 11 is 0. The average molecular weight is 350 g/mol. The fourth-order valence-corrected chi connectivity index (χ4v) is 2.83. The quantitative estimate of drug-likeness (QED) is 0.444. The molecular formula is C19H26O6. The number of carbonyl (C=O) groups is 2. The van der Waals surface area contributed by atoms with Gasteiger partial charge in [0.2, 0.25) is 0 Å². The second kappa shape index (κ2) is 8.34. The summed E-state index contributed by atoms with van der Waals surface area (Å²) < 4.78 is 5.17. The summed E-state index contributed by atoms with van der Waals surface area (Å²) in [6.45, 7) is 8.27. The van der Waals surface area contributed by atoms with Gasteiger partial charge in [-0.15, -0.1) is 0 Å². The van der Waals surface area contributed by atoms with E-state index in [9.17, 15) is 9.59 Å². The van der Waals surface area contributed by atoms with Gasteiger partial charge in [0.25, 0.3) is 0 Å². The molecule has 2 atom stereocenters. The fraction of sp³-hybridized carbons (Fsp3) is 0.579. The first kappa shape index (κ1) is 19.2. The zero-order chi connectivity index (χ0) is 18.4. The predicted octanol–water partition coefficient (Wildman–Crippen LogP) is 4.72. The van der Waals surface area contributed by atoms with Crippen molar-refractivity contribution in [2.24, 2.45) is 5.92 Å². The van der Waals surface area contributed by atoms with E-state index >= 15 is 0 Å². The van der Waals surface area contributed by atoms with Crippen LogP contribution in [0.3, 0.4) is 0 Å². The van der Waals surface area contributed by atoms with Gasteiger partial charge in [0.15, 0.2) is 0 Å². The molecule has 1 aliphatic carbocycles. The number of hydrogen-bond acceptors (Lipinski definition) is 6. The molecule has 1 aliphatic rings. The van der Waals surface area contributed by atoms with Gasteiger partial charge in [-0.05, 0) is 48.3 Å². The first-order valence-electron chi connectivity index (χ1n) is 8.64. The Balaban J connectivity index is 1.75. The minimum absolute atomic E-state index is 0.0118. The van der Waals surface area contributed by atoms with E-state index < -0.39 is 12.1 Å². The van der Waals surface area contributed by atoms with Crippen molar-refractivity contribution in [3.8, 4) is 0 Å². The molecule has 2 rings (SSSR count). The molecule has 6 nitrogen and oxygen atoms in total. The van der Waals surface area contributed by atoms with E-state index in [4.69, 9.17) is 4.74 Å². The molecule has 0 amide bonds. The van der Waals surface area contributed by atoms with Gasteiger partial charge in [-0.2, -0.15) is 0 Å². The molecule has 1 aromatic rings. The van der Waals surface area contributed by atoms with Crippen molar-refractivity contribution in [1.29, 1.82) is 0 Å². The van der Waals surface area contributed by atoms with Gasteiger partial charge >= 0.3 is 12.1 Å². The topological polar surface area (TPSA) is 71.1 Å². The summed E-state index contributed by atoms with van der Waals surface area (Å²) in [4.78, 5) is 32.3. The van der Waals surface area contributed by atoms with Gasteiger partial charge in [0, 0.05) is 0 Å². The van der Waals surface area contributed by atoms with E-state index in [1.165, 1.54) is 0 Å². The zero-order valence-electron chi connectivity index (χ0n) is 15.2. The predicted molar refractivity (Wildman–Crippen MR) is 90.6 cm³/mol. The molecule has 0 aromatic heterocycles. The normalized spacial score (nSPS) is 20.6. The molecule has 25 heavy (non-hydrogen) atoms. The van der Waals surface area contributed by atoms with E-state index in [0.717, 1.165) is 31.2 Å². The summed E-state index contributed by atoms with van der Waals surface area (Å²) in [6.07, 6.45) is 2.77. The van der Waals surface area contributed by atoms with Crippen LogP contribution in [0.2, 0.25) is 0 Å². The molecule has 0 spiro atoms. The maximum atomic E-state index is 11.8. The van der Waals surface area contributed by atoms with Crippen molar-refractivity contribution in [2.45, 2.75) is 64.9 Å². The average Bonchev–Trinajstić information content (AvgIpc) is 2.56. The SMILES string of the molecule is CC1CCCCC1OC(=O)OOOC(=O)c1ccc(C(C)(C)C)cc1. The maximum absolute atomic E-state index is 11.8. The first-order valence-corrected chi connectivity index (χ1v) is 8.64. The van der Waals surface area contributed by atoms with Gasteiger partial charge < -0.3 is 4.74 Å². The van der Waals surface area contributed by atoms with Gasteiger partial charge in [0.05, 0.1) is 10.6 Å². The molecule has 0 radical (unpaired) electrons. The Morgan fingerprint density at radius 1 is 1.00 bits per heavy atom. The molecule has 0 N–H and O–H groups in total. The fourth-order valence-electron chi connectivity index (χ4n) is 2.83. The van der Waals surface area contributed by atoms with Crippen LogP contribution in [0.4, 0.5) is 4.79 Å². The molecule has 138 valence electrons. The number of benzene rings is 1. The second-order valence-electron chi connectivity index (χ2n) is 7.52. The Morgan fingerprint density at radius 3 is 2.24 bits per heavy atom. The molecule has 0 aliphatic heterocycles. The lowest BCUT2D eigenvalue weighted by Crippen LogP contribution is -2.28. The molecule has 1 fully saturated rings. The molecule has 6 heteroatoms. The van der Waals surface area contributed by atoms with Crippen LogP contribution >= 0.6 is 0 Å². The maximum Gasteiger partial charge on any atom is 0.543 e. The van der Waals surface area contributed by atoms with Crippen LogP contribution in [0.5, 0.6) is 0 Å². The van der Waals surface area contributed by atoms with Crippen molar-refractivity contribution in [1.82, 2.24) is 0 Å². The van der Waals surface area contributed by atoms with Gasteiger partial charge in [-0.1, -0.05) is 46.2 Å². The standard InChI is InChI=1S/C19H26O6/c1-13-7-5-6-8-16(13)22-18(21)24-25-23-17(20)14-9-11-15(12-10-14)19(2,3)4/h9-13,16H,5-8H2,1-4H3. The Hall–Kier alpha value is -2.08. The van der Waals surface area contributed by atoms with Gasteiger partial charge in [-0.3, -0.25) is 4.89 Å². The Kier molecular flexibility index (Phi) is 6.42. The summed E-state index contributed by atoms with van der Waals surface area (Å²) in [5.41, 5.74) is 1.37. The van der Waals surface area contributed by atoms with Crippen LogP contribution in [0.25, 0.3) is 0 Å². The highest BCUT2D eigenvalue weighted by Crippen LogP contribution is 2.26. The lowest BCUT2D eigenvalue weighted by molar-refractivity contribution is -0.453. The minimum Gasteiger partial charge on any atom is -0.429 e. The second-order valence-corrected chi connectivity index (χ2v) is 7.52. The Bertz CT molecular complexity index is 587. The monoisotopic (exact) mass is 350 g/mol. The lowest BCUT2D eigenvalue weighted by Gasteiger charge is -2.27. The number of carbonyl (C=O) groups excluding carboxylic acids is 2. The number of hydrogen-bond donors (Lipinski definition) is 0. The largest absolute Gasteiger partial charge is 0.543 e. The van der Waals surface area contributed by atoms with E-state index in [1.54, 1.807) is 12.1 Å². The van der Waals surface area contributed by atoms with Crippen LogP contribution in [-0.4, -0.2) is 18.2 Å². The van der Waals surface area contributed by atoms with Crippen LogP contribution in [0.1, 0.15) is 69.3 Å². The lowest BCUT2D eigenvalue weighted by atomic mass is 9.87. The van der Waals surface area contributed by atoms with Crippen molar-refractivity contribution in [3.63, 3.8) is 0 Å². The molecule has 0 saturated heterocycles. The third-order valence-corrected chi connectivity index (χ3v) is 4.48. The van der Waals surface area contributed by atoms with E-state index in [1.807, 2.05) is 19.1 Å². The minimum atomic E-state index is -1.00. The third-order valence-electron chi connectivity index (χ3n) is 4.48. The van der Waals surface area contributed by atoms with Crippen LogP contribution in [0.15, 0.2) is 24.3 Å². The number of ether oxygens (including phenoxy) is 1. The van der Waals surface area contributed by atoms with Crippen LogP contribution < -0.4 is 0 Å². The summed E-state index contributed by atoms with van der Waals surface area (Å²) in [7, 11) is 0. The Morgan fingerprint density at radius 2 is 1.64 bits per heavy atom. The van der Waals surface area contributed by atoms with E-state index in [-0.39, 0.29) is 17.4 Å². The third kappa shape index (κ3) is 5.74. The number of rotatable bonds is 4. The molecule has 0 heterocycles. The summed E-state index contributed by atoms with van der Waals surface area (Å²) in [6, 6.07) is 6.95. The highest BCUT2D eigenvalue weighted by atomic mass is 17.5. The molecule has 0 bridgehead atoms. The molecular weight excluding hydrogens is 324 g/mol. The molecule has 1 aromatic carbocycles. The van der Waals surface area contributed by atoms with Crippen molar-refractivity contribution < 1.29 is 29.1 Å². The van der Waals surface area contributed by atoms with Crippen LogP contribution in [-0.2, 0) is 25.0 Å². The summed E-state index contributed by atoms with van der Waals surface area (Å²) in [5.74, 6) is -0.468. The van der Waals surface area contributed by atoms with Crippen molar-refractivity contribution in [3.05, 3.63) is 35.4 Å². The van der Waals surface area contributed by atoms with Gasteiger partial charge in [0.1, 0.15) is 6.10 Å². The van der Waals surface area contributed by atoms with Crippen molar-refractivity contribution >= 4 is 12.1 Å². The van der Waals surface area contributed by atoms with E-state index in [0.29, 0.717) is 5.56 Å². The smallest absolute Gasteiger partial charge is 0.429 e. The zero-order valence-corrected chi connectivity index (χ0v) is 15.2. The molecule has 2 unspecified atom stereocenters. The van der Waals surface area contributed by atoms with Crippen molar-refractivity contribution in [2.75, 3.05) is 0 Å². The van der Waals surface area contributed by atoms with E-state index in [2.05, 4.69) is 35.6 Å². The highest BCUT2D eigenvalue weighted by Gasteiger charge is 2.26.